The van der Waals surface area contributed by atoms with Crippen molar-refractivity contribution in [3.8, 4) is 0 Å². The number of aliphatic hydroxyl groups excluding tert-OH is 1. The van der Waals surface area contributed by atoms with Gasteiger partial charge in [0.2, 0.25) is 0 Å². The number of hydrogen-bond acceptors (Lipinski definition) is 5. The van der Waals surface area contributed by atoms with E-state index in [2.05, 4.69) is 35.8 Å². The number of hydrogen-bond donors (Lipinski definition) is 1. The molecule has 0 spiro atoms. The summed E-state index contributed by atoms with van der Waals surface area (Å²) in [6.45, 7) is 7.23. The Kier molecular flexibility index (Phi) is 3.94. The second kappa shape index (κ2) is 5.36. The third kappa shape index (κ3) is 2.75. The molecule has 0 saturated heterocycles. The smallest absolute Gasteiger partial charge is 0.163 e. The lowest BCUT2D eigenvalue weighted by atomic mass is 9.95. The van der Waals surface area contributed by atoms with Crippen molar-refractivity contribution in [1.29, 1.82) is 0 Å². The number of anilines is 1. The molecule has 0 fully saturated rings. The highest BCUT2D eigenvalue weighted by molar-refractivity contribution is 5.86. The Morgan fingerprint density at radius 3 is 2.60 bits per heavy atom. The maximum Gasteiger partial charge on any atom is 0.163 e. The zero-order chi connectivity index (χ0) is 14.9. The van der Waals surface area contributed by atoms with E-state index in [0.717, 1.165) is 29.2 Å². The molecule has 0 atom stereocenters. The first kappa shape index (κ1) is 14.7. The molecule has 0 unspecified atom stereocenters. The summed E-state index contributed by atoms with van der Waals surface area (Å²) in [5, 5.41) is 14.2. The van der Waals surface area contributed by atoms with Gasteiger partial charge in [-0.25, -0.2) is 9.97 Å². The minimum Gasteiger partial charge on any atom is -0.396 e. The Bertz CT molecular complexity index is 599. The molecule has 20 heavy (non-hydrogen) atoms. The van der Waals surface area contributed by atoms with E-state index in [1.165, 1.54) is 0 Å². The Balaban J connectivity index is 2.56. The zero-order valence-electron chi connectivity index (χ0n) is 12.9. The van der Waals surface area contributed by atoms with Crippen LogP contribution in [0.5, 0.6) is 0 Å². The number of fused-ring (bicyclic) bond motifs is 1. The van der Waals surface area contributed by atoms with E-state index in [4.69, 9.17) is 10.1 Å². The maximum absolute atomic E-state index is 8.99. The number of rotatable bonds is 4. The Morgan fingerprint density at radius 1 is 1.30 bits per heavy atom. The van der Waals surface area contributed by atoms with Crippen LogP contribution in [0.25, 0.3) is 11.0 Å². The zero-order valence-corrected chi connectivity index (χ0v) is 12.9. The normalized spacial score (nSPS) is 12.1. The van der Waals surface area contributed by atoms with Gasteiger partial charge in [-0.3, -0.25) is 4.68 Å². The summed E-state index contributed by atoms with van der Waals surface area (Å²) in [7, 11) is 3.87. The van der Waals surface area contributed by atoms with Crippen LogP contribution in [0.4, 0.5) is 5.82 Å². The molecule has 0 aliphatic heterocycles. The predicted molar refractivity (Wildman–Crippen MR) is 80.0 cm³/mol. The third-order valence-electron chi connectivity index (χ3n) is 3.26. The molecule has 0 bridgehead atoms. The van der Waals surface area contributed by atoms with Crippen molar-refractivity contribution in [2.24, 2.45) is 7.05 Å². The maximum atomic E-state index is 8.99. The van der Waals surface area contributed by atoms with Crippen LogP contribution in [0.1, 0.15) is 33.0 Å². The SMILES string of the molecule is CN(CCCO)c1nc(C(C)(C)C)nc2c1cnn2C. The van der Waals surface area contributed by atoms with E-state index < -0.39 is 0 Å². The van der Waals surface area contributed by atoms with E-state index in [0.29, 0.717) is 6.42 Å². The van der Waals surface area contributed by atoms with Gasteiger partial charge in [0.25, 0.3) is 0 Å². The van der Waals surface area contributed by atoms with Gasteiger partial charge in [0.1, 0.15) is 11.6 Å². The minimum atomic E-state index is -0.120. The van der Waals surface area contributed by atoms with Gasteiger partial charge in [-0.15, -0.1) is 0 Å². The molecule has 6 heteroatoms. The molecular weight excluding hydrogens is 254 g/mol. The van der Waals surface area contributed by atoms with Crippen molar-refractivity contribution in [3.05, 3.63) is 12.0 Å². The molecule has 2 aromatic heterocycles. The van der Waals surface area contributed by atoms with Gasteiger partial charge < -0.3 is 10.0 Å². The highest BCUT2D eigenvalue weighted by atomic mass is 16.3. The van der Waals surface area contributed by atoms with Gasteiger partial charge in [0, 0.05) is 32.7 Å². The van der Waals surface area contributed by atoms with E-state index in [1.54, 1.807) is 10.9 Å². The Hall–Kier alpha value is -1.69. The summed E-state index contributed by atoms with van der Waals surface area (Å²) in [5.41, 5.74) is 0.723. The fourth-order valence-corrected chi connectivity index (χ4v) is 2.05. The molecular formula is C14H23N5O. The second-order valence-corrected chi connectivity index (χ2v) is 6.12. The average Bonchev–Trinajstić information content (AvgIpc) is 2.76. The molecule has 0 aliphatic rings. The van der Waals surface area contributed by atoms with Gasteiger partial charge in [-0.05, 0) is 6.42 Å². The molecule has 0 radical (unpaired) electrons. The topological polar surface area (TPSA) is 67.1 Å². The molecule has 110 valence electrons. The fourth-order valence-electron chi connectivity index (χ4n) is 2.05. The predicted octanol–water partition coefficient (Wildman–Crippen LogP) is 1.48. The van der Waals surface area contributed by atoms with Crippen LogP contribution >= 0.6 is 0 Å². The fraction of sp³-hybridized carbons (Fsp3) is 0.643. The largest absolute Gasteiger partial charge is 0.396 e. The van der Waals surface area contributed by atoms with Crippen LogP contribution in [0.3, 0.4) is 0 Å². The number of aryl methyl sites for hydroxylation is 1. The molecule has 2 rings (SSSR count). The van der Waals surface area contributed by atoms with E-state index in [9.17, 15) is 0 Å². The molecule has 1 N–H and O–H groups in total. The molecule has 2 heterocycles. The number of nitrogens with zero attached hydrogens (tertiary/aromatic N) is 5. The van der Waals surface area contributed by atoms with Crippen LogP contribution < -0.4 is 4.90 Å². The van der Waals surface area contributed by atoms with E-state index in [1.807, 2.05) is 14.1 Å². The van der Waals surface area contributed by atoms with Crippen LogP contribution in [-0.2, 0) is 12.5 Å². The second-order valence-electron chi connectivity index (χ2n) is 6.12. The molecule has 0 saturated carbocycles. The molecule has 0 aliphatic carbocycles. The number of aliphatic hydroxyl groups is 1. The Labute approximate surface area is 119 Å². The lowest BCUT2D eigenvalue weighted by Crippen LogP contribution is -2.24. The van der Waals surface area contributed by atoms with Gasteiger partial charge in [0.05, 0.1) is 11.6 Å². The van der Waals surface area contributed by atoms with Crippen molar-refractivity contribution in [3.63, 3.8) is 0 Å². The van der Waals surface area contributed by atoms with Crippen LogP contribution in [-0.4, -0.2) is 45.1 Å². The first-order valence-electron chi connectivity index (χ1n) is 6.87. The van der Waals surface area contributed by atoms with Crippen molar-refractivity contribution in [1.82, 2.24) is 19.7 Å². The van der Waals surface area contributed by atoms with Crippen LogP contribution in [0.15, 0.2) is 6.20 Å². The summed E-state index contributed by atoms with van der Waals surface area (Å²) in [4.78, 5) is 11.4. The third-order valence-corrected chi connectivity index (χ3v) is 3.26. The summed E-state index contributed by atoms with van der Waals surface area (Å²) < 4.78 is 1.77. The molecule has 0 aromatic carbocycles. The van der Waals surface area contributed by atoms with Gasteiger partial charge >= 0.3 is 0 Å². The molecule has 2 aromatic rings. The van der Waals surface area contributed by atoms with Crippen molar-refractivity contribution in [2.75, 3.05) is 25.1 Å². The van der Waals surface area contributed by atoms with E-state index in [-0.39, 0.29) is 12.0 Å². The summed E-state index contributed by atoms with van der Waals surface area (Å²) >= 11 is 0. The first-order valence-corrected chi connectivity index (χ1v) is 6.87. The van der Waals surface area contributed by atoms with E-state index >= 15 is 0 Å². The Morgan fingerprint density at radius 2 is 2.00 bits per heavy atom. The lowest BCUT2D eigenvalue weighted by molar-refractivity contribution is 0.290. The molecule has 0 amide bonds. The first-order chi connectivity index (χ1) is 9.34. The highest BCUT2D eigenvalue weighted by Gasteiger charge is 2.22. The van der Waals surface area contributed by atoms with Gasteiger partial charge in [0.15, 0.2) is 5.65 Å². The monoisotopic (exact) mass is 277 g/mol. The van der Waals surface area contributed by atoms with Crippen LogP contribution in [0, 0.1) is 0 Å². The lowest BCUT2D eigenvalue weighted by Gasteiger charge is -2.22. The standard InChI is InChI=1S/C14H23N5O/c1-14(2,3)13-16-11(18(4)7-6-8-20)10-9-15-19(5)12(10)17-13/h9,20H,6-8H2,1-5H3. The summed E-state index contributed by atoms with van der Waals surface area (Å²) in [6, 6.07) is 0. The van der Waals surface area contributed by atoms with Gasteiger partial charge in [-0.1, -0.05) is 20.8 Å². The van der Waals surface area contributed by atoms with Gasteiger partial charge in [-0.2, -0.15) is 5.10 Å². The summed E-state index contributed by atoms with van der Waals surface area (Å²) in [5.74, 6) is 1.68. The van der Waals surface area contributed by atoms with Crippen molar-refractivity contribution >= 4 is 16.9 Å². The molecule has 6 nitrogen and oxygen atoms in total. The number of aromatic nitrogens is 4. The minimum absolute atomic E-state index is 0.120. The average molecular weight is 277 g/mol. The van der Waals surface area contributed by atoms with Crippen molar-refractivity contribution in [2.45, 2.75) is 32.6 Å². The van der Waals surface area contributed by atoms with Crippen LogP contribution in [0.2, 0.25) is 0 Å². The quantitative estimate of drug-likeness (QED) is 0.917. The summed E-state index contributed by atoms with van der Waals surface area (Å²) in [6.07, 6.45) is 2.51. The van der Waals surface area contributed by atoms with Crippen molar-refractivity contribution < 1.29 is 5.11 Å². The highest BCUT2D eigenvalue weighted by Crippen LogP contribution is 2.27.